The molecule has 0 fully saturated rings. The smallest absolute Gasteiger partial charge is 0.253 e. The van der Waals surface area contributed by atoms with E-state index in [2.05, 4.69) is 24.1 Å². The van der Waals surface area contributed by atoms with E-state index in [0.29, 0.717) is 25.1 Å². The van der Waals surface area contributed by atoms with E-state index in [-0.39, 0.29) is 17.9 Å². The molecule has 7 heteroatoms. The van der Waals surface area contributed by atoms with E-state index in [1.54, 1.807) is 25.1 Å². The molecule has 0 saturated heterocycles. The van der Waals surface area contributed by atoms with Crippen LogP contribution in [0, 0.1) is 0 Å². The molecule has 1 N–H and O–H groups in total. The second kappa shape index (κ2) is 9.60. The van der Waals surface area contributed by atoms with Crippen molar-refractivity contribution in [3.05, 3.63) is 23.8 Å². The Kier molecular flexibility index (Phi) is 7.47. The molecule has 1 atom stereocenters. The summed E-state index contributed by atoms with van der Waals surface area (Å²) in [6.07, 6.45) is 0.361. The molecule has 2 rings (SSSR count). The Morgan fingerprint density at radius 3 is 2.59 bits per heavy atom. The number of fused-ring (bicyclic) bond motifs is 1. The summed E-state index contributed by atoms with van der Waals surface area (Å²) in [6.45, 7) is 8.16. The molecule has 0 unspecified atom stereocenters. The van der Waals surface area contributed by atoms with Crippen LogP contribution in [0.4, 0.5) is 5.69 Å². The van der Waals surface area contributed by atoms with Crippen LogP contribution in [0.25, 0.3) is 0 Å². The number of nitrogens with one attached hydrogen (secondary N) is 1. The minimum Gasteiger partial charge on any atom is -0.489 e. The van der Waals surface area contributed by atoms with Crippen LogP contribution in [0.3, 0.4) is 0 Å². The Morgan fingerprint density at radius 1 is 1.26 bits per heavy atom. The number of carbonyl (C=O) groups is 2. The summed E-state index contributed by atoms with van der Waals surface area (Å²) in [4.78, 5) is 30.4. The maximum absolute atomic E-state index is 12.3. The van der Waals surface area contributed by atoms with Crippen molar-refractivity contribution in [3.8, 4) is 5.75 Å². The van der Waals surface area contributed by atoms with E-state index < -0.39 is 0 Å². The minimum atomic E-state index is -0.0596. The predicted octanol–water partition coefficient (Wildman–Crippen LogP) is 1.43. The summed E-state index contributed by atoms with van der Waals surface area (Å²) < 4.78 is 5.83. The normalized spacial score (nSPS) is 15.9. The second-order valence-corrected chi connectivity index (χ2v) is 7.04. The second-order valence-electron chi connectivity index (χ2n) is 7.04. The van der Waals surface area contributed by atoms with Gasteiger partial charge in [-0.2, -0.15) is 0 Å². The van der Waals surface area contributed by atoms with Crippen LogP contribution < -0.4 is 15.0 Å². The van der Waals surface area contributed by atoms with Gasteiger partial charge in [0.15, 0.2) is 0 Å². The lowest BCUT2D eigenvalue weighted by Gasteiger charge is -2.36. The number of nitrogens with zero attached hydrogens (tertiary/aromatic N) is 3. The zero-order valence-corrected chi connectivity index (χ0v) is 17.1. The third kappa shape index (κ3) is 5.35. The molecule has 1 aromatic rings. The maximum Gasteiger partial charge on any atom is 0.253 e. The summed E-state index contributed by atoms with van der Waals surface area (Å²) in [5.74, 6) is 0.708. The van der Waals surface area contributed by atoms with E-state index in [9.17, 15) is 9.59 Å². The van der Waals surface area contributed by atoms with Crippen LogP contribution in [0.5, 0.6) is 5.75 Å². The quantitative estimate of drug-likeness (QED) is 0.744. The van der Waals surface area contributed by atoms with Gasteiger partial charge in [0.2, 0.25) is 5.91 Å². The fourth-order valence-corrected chi connectivity index (χ4v) is 3.18. The van der Waals surface area contributed by atoms with Gasteiger partial charge < -0.3 is 24.8 Å². The molecule has 1 heterocycles. The van der Waals surface area contributed by atoms with Crippen molar-refractivity contribution in [1.29, 1.82) is 0 Å². The average molecular weight is 377 g/mol. The van der Waals surface area contributed by atoms with Gasteiger partial charge in [-0.3, -0.25) is 9.59 Å². The molecule has 1 aliphatic heterocycles. The van der Waals surface area contributed by atoms with Crippen LogP contribution in [0.15, 0.2) is 18.2 Å². The van der Waals surface area contributed by atoms with Gasteiger partial charge in [-0.1, -0.05) is 13.8 Å². The largest absolute Gasteiger partial charge is 0.489 e. The number of amides is 2. The Balaban J connectivity index is 1.97. The van der Waals surface area contributed by atoms with Gasteiger partial charge in [-0.25, -0.2) is 0 Å². The monoisotopic (exact) mass is 376 g/mol. The molecule has 0 saturated carbocycles. The average Bonchev–Trinajstić information content (AvgIpc) is 2.66. The zero-order valence-electron chi connectivity index (χ0n) is 17.1. The first kappa shape index (κ1) is 21.0. The standard InChI is InChI=1S/C20H32N4O3/c1-6-24(7-2)11-10-21-19(25)13-16-14-27-18-9-8-15(20(26)22(3)4)12-17(18)23(16)5/h8-9,12,16H,6-7,10-11,13-14H2,1-5H3,(H,21,25)/t16-/m0/s1. The van der Waals surface area contributed by atoms with Crippen LogP contribution in [0.2, 0.25) is 0 Å². The number of anilines is 1. The molecule has 0 spiro atoms. The molecule has 0 bridgehead atoms. The zero-order chi connectivity index (χ0) is 20.0. The van der Waals surface area contributed by atoms with Gasteiger partial charge in [-0.15, -0.1) is 0 Å². The third-order valence-corrected chi connectivity index (χ3v) is 5.04. The van der Waals surface area contributed by atoms with E-state index in [0.717, 1.165) is 31.1 Å². The Hall–Kier alpha value is -2.28. The summed E-state index contributed by atoms with van der Waals surface area (Å²) in [6, 6.07) is 5.37. The molecule has 150 valence electrons. The Bertz CT molecular complexity index is 659. The molecule has 0 radical (unpaired) electrons. The molecule has 1 aromatic carbocycles. The van der Waals surface area contributed by atoms with E-state index in [1.807, 2.05) is 24.1 Å². The fraction of sp³-hybridized carbons (Fsp3) is 0.600. The van der Waals surface area contributed by atoms with Crippen molar-refractivity contribution in [2.75, 3.05) is 58.8 Å². The van der Waals surface area contributed by atoms with E-state index in [4.69, 9.17) is 4.74 Å². The molecular weight excluding hydrogens is 344 g/mol. The van der Waals surface area contributed by atoms with Gasteiger partial charge in [0.05, 0.1) is 18.2 Å². The number of rotatable bonds is 8. The highest BCUT2D eigenvalue weighted by atomic mass is 16.5. The summed E-state index contributed by atoms with van der Waals surface area (Å²) in [5, 5.41) is 2.99. The fourth-order valence-electron chi connectivity index (χ4n) is 3.18. The first-order valence-electron chi connectivity index (χ1n) is 9.57. The topological polar surface area (TPSA) is 65.1 Å². The maximum atomic E-state index is 12.3. The lowest BCUT2D eigenvalue weighted by molar-refractivity contribution is -0.121. The van der Waals surface area contributed by atoms with Gasteiger partial charge >= 0.3 is 0 Å². The van der Waals surface area contributed by atoms with Crippen molar-refractivity contribution >= 4 is 17.5 Å². The third-order valence-electron chi connectivity index (χ3n) is 5.04. The van der Waals surface area contributed by atoms with Crippen LogP contribution in [-0.2, 0) is 4.79 Å². The highest BCUT2D eigenvalue weighted by Gasteiger charge is 2.27. The van der Waals surface area contributed by atoms with Gasteiger partial charge in [-0.05, 0) is 31.3 Å². The lowest BCUT2D eigenvalue weighted by atomic mass is 10.1. The van der Waals surface area contributed by atoms with Gasteiger partial charge in [0.1, 0.15) is 12.4 Å². The predicted molar refractivity (Wildman–Crippen MR) is 108 cm³/mol. The number of carbonyl (C=O) groups excluding carboxylic acids is 2. The number of ether oxygens (including phenoxy) is 1. The number of benzene rings is 1. The Labute approximate surface area is 162 Å². The van der Waals surface area contributed by atoms with Crippen LogP contribution in [0.1, 0.15) is 30.6 Å². The number of likely N-dealkylation sites (N-methyl/N-ethyl adjacent to an activating group) is 2. The first-order valence-corrected chi connectivity index (χ1v) is 9.57. The minimum absolute atomic E-state index is 0.0200. The van der Waals surface area contributed by atoms with Gasteiger partial charge in [0.25, 0.3) is 5.91 Å². The lowest BCUT2D eigenvalue weighted by Crippen LogP contribution is -2.44. The molecule has 7 nitrogen and oxygen atoms in total. The number of hydrogen-bond donors (Lipinski definition) is 1. The summed E-state index contributed by atoms with van der Waals surface area (Å²) in [5.41, 5.74) is 1.45. The molecule has 2 amide bonds. The highest BCUT2D eigenvalue weighted by molar-refractivity contribution is 5.95. The van der Waals surface area contributed by atoms with Crippen LogP contribution >= 0.6 is 0 Å². The van der Waals surface area contributed by atoms with Gasteiger partial charge in [0, 0.05) is 39.8 Å². The molecular formula is C20H32N4O3. The molecule has 0 aromatic heterocycles. The van der Waals surface area contributed by atoms with E-state index >= 15 is 0 Å². The summed E-state index contributed by atoms with van der Waals surface area (Å²) in [7, 11) is 5.40. The Morgan fingerprint density at radius 2 is 1.96 bits per heavy atom. The van der Waals surface area contributed by atoms with Crippen molar-refractivity contribution in [2.45, 2.75) is 26.3 Å². The van der Waals surface area contributed by atoms with E-state index in [1.165, 1.54) is 0 Å². The first-order chi connectivity index (χ1) is 12.9. The SMILES string of the molecule is CCN(CC)CCNC(=O)C[C@H]1COc2ccc(C(=O)N(C)C)cc2N1C. The van der Waals surface area contributed by atoms with Crippen LogP contribution in [-0.4, -0.2) is 81.6 Å². The van der Waals surface area contributed by atoms with Crippen molar-refractivity contribution < 1.29 is 14.3 Å². The van der Waals surface area contributed by atoms with Crippen molar-refractivity contribution in [3.63, 3.8) is 0 Å². The molecule has 27 heavy (non-hydrogen) atoms. The number of hydrogen-bond acceptors (Lipinski definition) is 5. The van der Waals surface area contributed by atoms with Crippen molar-refractivity contribution in [1.82, 2.24) is 15.1 Å². The molecule has 0 aliphatic carbocycles. The summed E-state index contributed by atoms with van der Waals surface area (Å²) >= 11 is 0. The highest BCUT2D eigenvalue weighted by Crippen LogP contribution is 2.34. The van der Waals surface area contributed by atoms with Crippen molar-refractivity contribution in [2.24, 2.45) is 0 Å². The molecule has 1 aliphatic rings.